The Bertz CT molecular complexity index is 740. The molecule has 1 amide bonds. The van der Waals surface area contributed by atoms with Crippen molar-refractivity contribution in [3.63, 3.8) is 0 Å². The lowest BCUT2D eigenvalue weighted by Crippen LogP contribution is -2.27. The van der Waals surface area contributed by atoms with Gasteiger partial charge in [-0.3, -0.25) is 4.79 Å². The number of carbonyl (C=O) groups is 1. The molecule has 0 saturated heterocycles. The summed E-state index contributed by atoms with van der Waals surface area (Å²) >= 11 is 7.30. The average Bonchev–Trinajstić information content (AvgIpc) is 2.56. The molecular formula is C17H14ClFN2OS. The molecule has 2 rings (SSSR count). The number of halogens is 2. The summed E-state index contributed by atoms with van der Waals surface area (Å²) in [4.78, 5) is 14.8. The van der Waals surface area contributed by atoms with Gasteiger partial charge in [0.05, 0.1) is 17.4 Å². The number of amides is 1. The third-order valence-electron chi connectivity index (χ3n) is 3.21. The monoisotopic (exact) mass is 348 g/mol. The quantitative estimate of drug-likeness (QED) is 0.754. The van der Waals surface area contributed by atoms with E-state index < -0.39 is 5.82 Å². The van der Waals surface area contributed by atoms with Crippen LogP contribution in [0.1, 0.15) is 15.9 Å². The van der Waals surface area contributed by atoms with Gasteiger partial charge in [-0.15, -0.1) is 11.8 Å². The van der Waals surface area contributed by atoms with Crippen LogP contribution in [0, 0.1) is 17.1 Å². The van der Waals surface area contributed by atoms with Crippen molar-refractivity contribution in [1.29, 1.82) is 5.26 Å². The Morgan fingerprint density at radius 3 is 2.74 bits per heavy atom. The third-order valence-corrected chi connectivity index (χ3v) is 4.51. The highest BCUT2D eigenvalue weighted by Gasteiger charge is 2.18. The van der Waals surface area contributed by atoms with Crippen LogP contribution in [0.25, 0.3) is 0 Å². The zero-order valence-electron chi connectivity index (χ0n) is 12.4. The lowest BCUT2D eigenvalue weighted by Gasteiger charge is -2.19. The second-order valence-corrected chi connectivity index (χ2v) is 6.23. The molecule has 2 aromatic carbocycles. The first-order chi connectivity index (χ1) is 11.0. The highest BCUT2D eigenvalue weighted by Crippen LogP contribution is 2.25. The molecule has 0 heterocycles. The fraction of sp³-hybridized carbons (Fsp3) is 0.176. The second-order valence-electron chi connectivity index (χ2n) is 4.80. The predicted octanol–water partition coefficient (Wildman–Crippen LogP) is 4.37. The first-order valence-corrected chi connectivity index (χ1v) is 8.18. The highest BCUT2D eigenvalue weighted by atomic mass is 35.5. The Morgan fingerprint density at radius 2 is 2.04 bits per heavy atom. The van der Waals surface area contributed by atoms with Gasteiger partial charge in [0.25, 0.3) is 5.91 Å². The molecule has 0 N–H and O–H groups in total. The van der Waals surface area contributed by atoms with Gasteiger partial charge in [0.2, 0.25) is 0 Å². The van der Waals surface area contributed by atoms with Crippen molar-refractivity contribution in [3.05, 3.63) is 64.4 Å². The minimum atomic E-state index is -0.440. The van der Waals surface area contributed by atoms with E-state index in [2.05, 4.69) is 0 Å². The number of hydrogen-bond acceptors (Lipinski definition) is 3. The molecule has 0 unspecified atom stereocenters. The van der Waals surface area contributed by atoms with E-state index in [1.807, 2.05) is 12.1 Å². The van der Waals surface area contributed by atoms with E-state index in [9.17, 15) is 9.18 Å². The molecule has 0 spiro atoms. The molecule has 2 aromatic rings. The van der Waals surface area contributed by atoms with Gasteiger partial charge < -0.3 is 4.90 Å². The van der Waals surface area contributed by atoms with Gasteiger partial charge in [-0.25, -0.2) is 4.39 Å². The fourth-order valence-electron chi connectivity index (χ4n) is 2.08. The third kappa shape index (κ3) is 4.25. The predicted molar refractivity (Wildman–Crippen MR) is 90.0 cm³/mol. The molecule has 0 saturated carbocycles. The molecule has 0 aliphatic carbocycles. The summed E-state index contributed by atoms with van der Waals surface area (Å²) in [5, 5.41) is 8.99. The van der Waals surface area contributed by atoms with Gasteiger partial charge >= 0.3 is 0 Å². The lowest BCUT2D eigenvalue weighted by molar-refractivity contribution is 0.0780. The van der Waals surface area contributed by atoms with Crippen molar-refractivity contribution in [3.8, 4) is 6.07 Å². The number of hydrogen-bond donors (Lipinski definition) is 0. The van der Waals surface area contributed by atoms with Crippen LogP contribution >= 0.6 is 23.4 Å². The van der Waals surface area contributed by atoms with E-state index in [0.29, 0.717) is 5.56 Å². The fourth-order valence-corrected chi connectivity index (χ4v) is 3.01. The van der Waals surface area contributed by atoms with Crippen molar-refractivity contribution in [1.82, 2.24) is 4.90 Å². The van der Waals surface area contributed by atoms with Gasteiger partial charge in [-0.1, -0.05) is 29.8 Å². The van der Waals surface area contributed by atoms with Crippen LogP contribution in [0.15, 0.2) is 47.4 Å². The van der Waals surface area contributed by atoms with Gasteiger partial charge in [0, 0.05) is 29.1 Å². The Hall–Kier alpha value is -2.03. The summed E-state index contributed by atoms with van der Waals surface area (Å²) < 4.78 is 13.9. The first-order valence-electron chi connectivity index (χ1n) is 6.81. The molecule has 0 radical (unpaired) electrons. The van der Waals surface area contributed by atoms with Gasteiger partial charge in [-0.2, -0.15) is 5.26 Å². The molecule has 118 valence electrons. The van der Waals surface area contributed by atoms with E-state index in [1.54, 1.807) is 31.3 Å². The standard InChI is InChI=1S/C17H14ClFN2OS/c1-21(11-13-14(18)6-4-7-15(13)19)17(22)12-5-2-3-8-16(12)23-10-9-20/h2-8H,10-11H2,1H3. The molecular weight excluding hydrogens is 335 g/mol. The zero-order valence-corrected chi connectivity index (χ0v) is 14.0. The van der Waals surface area contributed by atoms with E-state index >= 15 is 0 Å². The van der Waals surface area contributed by atoms with Crippen molar-refractivity contribution in [2.75, 3.05) is 12.8 Å². The summed E-state index contributed by atoms with van der Waals surface area (Å²) in [6.07, 6.45) is 0. The summed E-state index contributed by atoms with van der Waals surface area (Å²) in [7, 11) is 1.59. The van der Waals surface area contributed by atoms with Crippen molar-refractivity contribution in [2.45, 2.75) is 11.4 Å². The number of benzene rings is 2. The summed E-state index contributed by atoms with van der Waals surface area (Å²) in [6, 6.07) is 13.5. The molecule has 6 heteroatoms. The largest absolute Gasteiger partial charge is 0.337 e. The molecule has 0 aliphatic rings. The van der Waals surface area contributed by atoms with Crippen molar-refractivity contribution < 1.29 is 9.18 Å². The molecule has 3 nitrogen and oxygen atoms in total. The van der Waals surface area contributed by atoms with Crippen LogP contribution in [-0.4, -0.2) is 23.6 Å². The topological polar surface area (TPSA) is 44.1 Å². The molecule has 0 bridgehead atoms. The van der Waals surface area contributed by atoms with Crippen LogP contribution in [0.5, 0.6) is 0 Å². The van der Waals surface area contributed by atoms with Gasteiger partial charge in [-0.05, 0) is 24.3 Å². The van der Waals surface area contributed by atoms with E-state index in [1.165, 1.54) is 28.8 Å². The van der Waals surface area contributed by atoms with Crippen LogP contribution in [0.2, 0.25) is 5.02 Å². The van der Waals surface area contributed by atoms with E-state index in [0.717, 1.165) is 4.90 Å². The van der Waals surface area contributed by atoms with Crippen LogP contribution in [0.3, 0.4) is 0 Å². The molecule has 23 heavy (non-hydrogen) atoms. The normalized spacial score (nSPS) is 10.2. The SMILES string of the molecule is CN(Cc1c(F)cccc1Cl)C(=O)c1ccccc1SCC#N. The zero-order chi connectivity index (χ0) is 16.8. The minimum Gasteiger partial charge on any atom is -0.337 e. The maximum absolute atomic E-state index is 13.9. The Balaban J connectivity index is 2.22. The van der Waals surface area contributed by atoms with Crippen LogP contribution < -0.4 is 0 Å². The maximum Gasteiger partial charge on any atom is 0.255 e. The number of thioether (sulfide) groups is 1. The Labute approximate surface area is 143 Å². The van der Waals surface area contributed by atoms with Crippen LogP contribution in [-0.2, 0) is 6.54 Å². The molecule has 0 atom stereocenters. The van der Waals surface area contributed by atoms with Gasteiger partial charge in [0.1, 0.15) is 5.82 Å². The summed E-state index contributed by atoms with van der Waals surface area (Å²) in [5.74, 6) is -0.428. The molecule has 0 fully saturated rings. The van der Waals surface area contributed by atoms with Crippen molar-refractivity contribution in [2.24, 2.45) is 0 Å². The number of carbonyl (C=O) groups excluding carboxylic acids is 1. The Morgan fingerprint density at radius 1 is 1.30 bits per heavy atom. The average molecular weight is 349 g/mol. The lowest BCUT2D eigenvalue weighted by atomic mass is 10.1. The number of nitrogens with zero attached hydrogens (tertiary/aromatic N) is 2. The van der Waals surface area contributed by atoms with E-state index in [4.69, 9.17) is 16.9 Å². The molecule has 0 aromatic heterocycles. The van der Waals surface area contributed by atoms with Gasteiger partial charge in [0.15, 0.2) is 0 Å². The Kier molecular flexibility index (Phi) is 6.03. The smallest absolute Gasteiger partial charge is 0.255 e. The number of nitriles is 1. The summed E-state index contributed by atoms with van der Waals surface area (Å²) in [6.45, 7) is 0.0710. The van der Waals surface area contributed by atoms with Crippen molar-refractivity contribution >= 4 is 29.3 Å². The molecule has 0 aliphatic heterocycles. The van der Waals surface area contributed by atoms with E-state index in [-0.39, 0.29) is 28.8 Å². The second kappa shape index (κ2) is 8.00. The first kappa shape index (κ1) is 17.3. The maximum atomic E-state index is 13.9. The van der Waals surface area contributed by atoms with Crippen LogP contribution in [0.4, 0.5) is 4.39 Å². The highest BCUT2D eigenvalue weighted by molar-refractivity contribution is 7.99. The number of rotatable bonds is 5. The minimum absolute atomic E-state index is 0.0710. The summed E-state index contributed by atoms with van der Waals surface area (Å²) in [5.41, 5.74) is 0.773.